The molecule has 0 bridgehead atoms. The minimum Gasteiger partial charge on any atom is -0.322 e. The van der Waals surface area contributed by atoms with Gasteiger partial charge in [-0.1, -0.05) is 18.2 Å². The van der Waals surface area contributed by atoms with Gasteiger partial charge in [-0.2, -0.15) is 0 Å². The Balaban J connectivity index is 2.17. The third-order valence-electron chi connectivity index (χ3n) is 2.22. The van der Waals surface area contributed by atoms with Gasteiger partial charge in [0, 0.05) is 11.1 Å². The van der Waals surface area contributed by atoms with Gasteiger partial charge in [-0.3, -0.25) is 4.79 Å². The molecule has 2 aromatic rings. The molecule has 0 atom stereocenters. The fraction of sp³-hybridized carbons (Fsp3) is 0.0833. The quantitative estimate of drug-likeness (QED) is 0.823. The van der Waals surface area contributed by atoms with Crippen LogP contribution in [0, 0.1) is 9.81 Å². The molecule has 1 aromatic carbocycles. The van der Waals surface area contributed by atoms with Gasteiger partial charge in [0.05, 0.1) is 8.45 Å². The van der Waals surface area contributed by atoms with E-state index in [1.807, 2.05) is 42.6 Å². The van der Waals surface area contributed by atoms with E-state index in [1.54, 1.807) is 11.3 Å². The molecule has 0 unspecified atom stereocenters. The highest BCUT2D eigenvalue weighted by molar-refractivity contribution is 14.1. The van der Waals surface area contributed by atoms with Crippen molar-refractivity contribution in [3.05, 3.63) is 49.7 Å². The molecule has 0 saturated carbocycles. The van der Waals surface area contributed by atoms with Crippen LogP contribution in [0.4, 0.5) is 5.69 Å². The lowest BCUT2D eigenvalue weighted by molar-refractivity contribution is 0.102. The van der Waals surface area contributed by atoms with Crippen LogP contribution in [0.25, 0.3) is 0 Å². The van der Waals surface area contributed by atoms with Crippen molar-refractivity contribution in [2.24, 2.45) is 0 Å². The minimum atomic E-state index is -0.0477. The highest BCUT2D eigenvalue weighted by Gasteiger charge is 2.08. The third-order valence-corrected chi connectivity index (χ3v) is 4.01. The van der Waals surface area contributed by atoms with Crippen LogP contribution in [-0.4, -0.2) is 5.91 Å². The first-order valence-corrected chi connectivity index (χ1v) is 6.73. The Bertz CT molecular complexity index is 521. The lowest BCUT2D eigenvalue weighted by atomic mass is 10.2. The zero-order valence-corrected chi connectivity index (χ0v) is 11.6. The molecule has 0 fully saturated rings. The number of aryl methyl sites for hydroxylation is 1. The maximum absolute atomic E-state index is 11.9. The van der Waals surface area contributed by atoms with Crippen molar-refractivity contribution in [3.8, 4) is 0 Å². The molecule has 2 rings (SSSR count). The first kappa shape index (κ1) is 11.6. The van der Waals surface area contributed by atoms with Crippen LogP contribution >= 0.6 is 33.9 Å². The van der Waals surface area contributed by atoms with Gasteiger partial charge in [0.2, 0.25) is 0 Å². The minimum absolute atomic E-state index is 0.0477. The van der Waals surface area contributed by atoms with Crippen LogP contribution in [0.3, 0.4) is 0 Å². The molecule has 1 aromatic heterocycles. The summed E-state index contributed by atoms with van der Waals surface area (Å²) in [5.74, 6) is -0.0477. The molecule has 0 spiro atoms. The van der Waals surface area contributed by atoms with Crippen LogP contribution in [0.5, 0.6) is 0 Å². The van der Waals surface area contributed by atoms with Gasteiger partial charge in [-0.05, 0) is 47.2 Å². The van der Waals surface area contributed by atoms with Crippen molar-refractivity contribution in [1.29, 1.82) is 0 Å². The van der Waals surface area contributed by atoms with Gasteiger partial charge in [-0.15, -0.1) is 11.3 Å². The lowest BCUT2D eigenvalue weighted by Crippen LogP contribution is -2.11. The molecule has 82 valence electrons. The van der Waals surface area contributed by atoms with Crippen LogP contribution < -0.4 is 5.32 Å². The van der Waals surface area contributed by atoms with E-state index in [-0.39, 0.29) is 5.91 Å². The number of halogens is 1. The summed E-state index contributed by atoms with van der Waals surface area (Å²) in [6.45, 7) is 1.98. The summed E-state index contributed by atoms with van der Waals surface area (Å²) in [6.07, 6.45) is 0. The van der Waals surface area contributed by atoms with Crippen molar-refractivity contribution in [2.45, 2.75) is 6.92 Å². The van der Waals surface area contributed by atoms with E-state index in [4.69, 9.17) is 0 Å². The van der Waals surface area contributed by atoms with E-state index in [0.29, 0.717) is 0 Å². The highest BCUT2D eigenvalue weighted by Crippen LogP contribution is 2.19. The number of anilines is 1. The number of para-hydroxylation sites is 1. The second-order valence-electron chi connectivity index (χ2n) is 3.41. The number of hydrogen-bond acceptors (Lipinski definition) is 2. The Morgan fingerprint density at radius 3 is 2.75 bits per heavy atom. The number of rotatable bonds is 2. The van der Waals surface area contributed by atoms with E-state index in [1.165, 1.54) is 0 Å². The van der Waals surface area contributed by atoms with E-state index in [0.717, 1.165) is 19.7 Å². The molecular formula is C12H10INOS. The number of thiophene rings is 1. The first-order valence-electron chi connectivity index (χ1n) is 4.78. The molecule has 1 amide bonds. The second kappa shape index (κ2) is 4.97. The number of carbonyl (C=O) groups excluding carboxylic acids is 1. The number of nitrogens with one attached hydrogen (secondary N) is 1. The standard InChI is InChI=1S/C12H10INOS/c1-8-4-2-3-5-10(8)14-12(15)9-6-11(13)16-7-9/h2-7H,1H3,(H,14,15). The molecule has 1 heterocycles. The molecule has 16 heavy (non-hydrogen) atoms. The topological polar surface area (TPSA) is 29.1 Å². The SMILES string of the molecule is Cc1ccccc1NC(=O)c1csc(I)c1. The molecular weight excluding hydrogens is 333 g/mol. The lowest BCUT2D eigenvalue weighted by Gasteiger charge is -2.06. The van der Waals surface area contributed by atoms with Crippen molar-refractivity contribution in [1.82, 2.24) is 0 Å². The molecule has 4 heteroatoms. The van der Waals surface area contributed by atoms with Crippen LogP contribution in [0.1, 0.15) is 15.9 Å². The van der Waals surface area contributed by atoms with E-state index >= 15 is 0 Å². The predicted molar refractivity (Wildman–Crippen MR) is 76.2 cm³/mol. The van der Waals surface area contributed by atoms with Gasteiger partial charge in [-0.25, -0.2) is 0 Å². The Labute approximate surface area is 112 Å². The smallest absolute Gasteiger partial charge is 0.256 e. The molecule has 0 aliphatic rings. The number of benzene rings is 1. The van der Waals surface area contributed by atoms with Gasteiger partial charge in [0.25, 0.3) is 5.91 Å². The normalized spacial score (nSPS) is 10.1. The van der Waals surface area contributed by atoms with Crippen LogP contribution in [-0.2, 0) is 0 Å². The van der Waals surface area contributed by atoms with Crippen molar-refractivity contribution in [2.75, 3.05) is 5.32 Å². The Morgan fingerprint density at radius 2 is 2.12 bits per heavy atom. The van der Waals surface area contributed by atoms with E-state index in [2.05, 4.69) is 27.9 Å². The predicted octanol–water partition coefficient (Wildman–Crippen LogP) is 3.91. The zero-order valence-electron chi connectivity index (χ0n) is 8.66. The molecule has 0 aliphatic carbocycles. The van der Waals surface area contributed by atoms with Crippen LogP contribution in [0.2, 0.25) is 0 Å². The maximum Gasteiger partial charge on any atom is 0.256 e. The van der Waals surface area contributed by atoms with Gasteiger partial charge >= 0.3 is 0 Å². The Kier molecular flexibility index (Phi) is 3.60. The number of amides is 1. The van der Waals surface area contributed by atoms with Crippen molar-refractivity contribution in [3.63, 3.8) is 0 Å². The van der Waals surface area contributed by atoms with E-state index < -0.39 is 0 Å². The van der Waals surface area contributed by atoms with E-state index in [9.17, 15) is 4.79 Å². The number of hydrogen-bond donors (Lipinski definition) is 1. The molecule has 0 aliphatic heterocycles. The fourth-order valence-corrected chi connectivity index (χ4v) is 2.66. The Morgan fingerprint density at radius 1 is 1.38 bits per heavy atom. The van der Waals surface area contributed by atoms with Gasteiger partial charge < -0.3 is 5.32 Å². The largest absolute Gasteiger partial charge is 0.322 e. The monoisotopic (exact) mass is 343 g/mol. The second-order valence-corrected chi connectivity index (χ2v) is 6.21. The average molecular weight is 343 g/mol. The van der Waals surface area contributed by atoms with Gasteiger partial charge in [0.15, 0.2) is 0 Å². The zero-order chi connectivity index (χ0) is 11.5. The first-order chi connectivity index (χ1) is 7.66. The molecule has 1 N–H and O–H groups in total. The molecule has 0 saturated heterocycles. The number of carbonyl (C=O) groups is 1. The summed E-state index contributed by atoms with van der Waals surface area (Å²) in [4.78, 5) is 11.9. The average Bonchev–Trinajstić information content (AvgIpc) is 2.68. The molecule has 0 radical (unpaired) electrons. The summed E-state index contributed by atoms with van der Waals surface area (Å²) >= 11 is 3.78. The third kappa shape index (κ3) is 2.62. The summed E-state index contributed by atoms with van der Waals surface area (Å²) in [5, 5.41) is 4.77. The van der Waals surface area contributed by atoms with Crippen molar-refractivity contribution >= 4 is 45.5 Å². The summed E-state index contributed by atoms with van der Waals surface area (Å²) in [7, 11) is 0. The molecule has 2 nitrogen and oxygen atoms in total. The summed E-state index contributed by atoms with van der Waals surface area (Å²) < 4.78 is 1.12. The summed E-state index contributed by atoms with van der Waals surface area (Å²) in [5.41, 5.74) is 2.66. The van der Waals surface area contributed by atoms with Crippen molar-refractivity contribution < 1.29 is 4.79 Å². The fourth-order valence-electron chi connectivity index (χ4n) is 1.34. The summed E-state index contributed by atoms with van der Waals surface area (Å²) in [6, 6.07) is 9.65. The highest BCUT2D eigenvalue weighted by atomic mass is 127. The Hall–Kier alpha value is -0.880. The maximum atomic E-state index is 11.9. The van der Waals surface area contributed by atoms with Gasteiger partial charge in [0.1, 0.15) is 0 Å². The van der Waals surface area contributed by atoms with Crippen LogP contribution in [0.15, 0.2) is 35.7 Å².